The molecule has 0 spiro atoms. The van der Waals surface area contributed by atoms with Gasteiger partial charge in [-0.3, -0.25) is 4.79 Å². The Morgan fingerprint density at radius 3 is 2.07 bits per heavy atom. The Hall–Kier alpha value is -1.20. The van der Waals surface area contributed by atoms with Gasteiger partial charge in [0.05, 0.1) is 5.57 Å². The topological polar surface area (TPSA) is 74.3 Å². The second-order valence-electron chi connectivity index (χ2n) is 7.11. The van der Waals surface area contributed by atoms with E-state index in [0.29, 0.717) is 5.78 Å². The first-order valence-electron chi connectivity index (χ1n) is 8.31. The number of ketones is 1. The molecule has 0 heterocycles. The van der Waals surface area contributed by atoms with Gasteiger partial charge in [0, 0.05) is 17.8 Å². The van der Waals surface area contributed by atoms with Crippen molar-refractivity contribution in [3.63, 3.8) is 0 Å². The van der Waals surface area contributed by atoms with Gasteiger partial charge in [-0.1, -0.05) is 58.0 Å². The second kappa shape index (κ2) is 9.53. The van der Waals surface area contributed by atoms with Gasteiger partial charge in [-0.2, -0.15) is 13.2 Å². The number of alkyl halides is 3. The molecule has 2 rings (SSSR count). The molecule has 4 nitrogen and oxygen atoms in total. The first-order valence-corrected chi connectivity index (χ1v) is 11.9. The molecule has 28 heavy (non-hydrogen) atoms. The molecule has 0 saturated carbocycles. The van der Waals surface area contributed by atoms with E-state index in [1.165, 1.54) is 7.15 Å². The van der Waals surface area contributed by atoms with Crippen LogP contribution >= 0.6 is 0 Å². The maximum atomic E-state index is 12.8. The van der Waals surface area contributed by atoms with Crippen LogP contribution < -0.4 is 21.2 Å². The largest absolute Gasteiger partial charge is 0.741 e. The zero-order valence-corrected chi connectivity index (χ0v) is 18.9. The van der Waals surface area contributed by atoms with Crippen molar-refractivity contribution in [2.24, 2.45) is 11.3 Å². The molecule has 0 aromatic heterocycles. The van der Waals surface area contributed by atoms with Crippen LogP contribution in [0.25, 0.3) is 0 Å². The Morgan fingerprint density at radius 2 is 1.64 bits per heavy atom. The maximum absolute atomic E-state index is 12.8. The standard InChI is InChI=1S/C18H22IO.CHF3O3S/c1-13-9-8-12-15(16(13)17(20)18(2,3)4)19-14-10-6-5-7-11-14;2-1(3,4)8(5,6)7/h5-11,13H,12H2,1-4H3;(H,5,6,7)/q+1;/p-1. The van der Waals surface area contributed by atoms with Crippen molar-refractivity contribution < 1.29 is 52.1 Å². The zero-order valence-electron chi connectivity index (χ0n) is 15.9. The average Bonchev–Trinajstić information content (AvgIpc) is 2.53. The van der Waals surface area contributed by atoms with Gasteiger partial charge in [-0.25, -0.2) is 8.42 Å². The molecule has 0 aliphatic heterocycles. The van der Waals surface area contributed by atoms with E-state index in [9.17, 15) is 18.0 Å². The fraction of sp³-hybridized carbons (Fsp3) is 0.421. The minimum absolute atomic E-state index is 0.236. The molecule has 1 aromatic carbocycles. The average molecular weight is 530 g/mol. The normalized spacial score (nSPS) is 17.8. The first kappa shape index (κ1) is 24.8. The third kappa shape index (κ3) is 7.32. The summed E-state index contributed by atoms with van der Waals surface area (Å²) in [4.78, 5) is 12.8. The lowest BCUT2D eigenvalue weighted by atomic mass is 9.80. The van der Waals surface area contributed by atoms with Crippen molar-refractivity contribution >= 4 is 15.9 Å². The van der Waals surface area contributed by atoms with Gasteiger partial charge < -0.3 is 4.55 Å². The minimum Gasteiger partial charge on any atom is -0.741 e. The van der Waals surface area contributed by atoms with Gasteiger partial charge in [0.1, 0.15) is 0 Å². The van der Waals surface area contributed by atoms with E-state index in [2.05, 4.69) is 43.3 Å². The summed E-state index contributed by atoms with van der Waals surface area (Å²) in [6.07, 6.45) is 5.35. The van der Waals surface area contributed by atoms with E-state index < -0.39 is 15.6 Å². The Kier molecular flexibility index (Phi) is 8.46. The predicted octanol–water partition coefficient (Wildman–Crippen LogP) is 1.46. The Morgan fingerprint density at radius 1 is 1.14 bits per heavy atom. The lowest BCUT2D eigenvalue weighted by Crippen LogP contribution is -3.61. The summed E-state index contributed by atoms with van der Waals surface area (Å²) >= 11 is -0.236. The minimum atomic E-state index is -6.09. The van der Waals surface area contributed by atoms with Gasteiger partial charge in [0.25, 0.3) is 0 Å². The van der Waals surface area contributed by atoms with Crippen molar-refractivity contribution in [1.82, 2.24) is 0 Å². The zero-order chi connectivity index (χ0) is 21.8. The van der Waals surface area contributed by atoms with E-state index in [-0.39, 0.29) is 32.5 Å². The summed E-state index contributed by atoms with van der Waals surface area (Å²) in [5.74, 6) is 0.578. The lowest BCUT2D eigenvalue weighted by molar-refractivity contribution is -0.579. The van der Waals surface area contributed by atoms with E-state index in [4.69, 9.17) is 13.0 Å². The number of allylic oxidation sites excluding steroid dienone is 4. The number of halogens is 4. The monoisotopic (exact) mass is 530 g/mol. The number of hydrogen-bond donors (Lipinski definition) is 0. The van der Waals surface area contributed by atoms with E-state index in [0.717, 1.165) is 12.0 Å². The molecular formula is C19H22F3IO4S. The van der Waals surface area contributed by atoms with Gasteiger partial charge in [0.15, 0.2) is 23.1 Å². The van der Waals surface area contributed by atoms with Crippen LogP contribution in [0.3, 0.4) is 0 Å². The van der Waals surface area contributed by atoms with Crippen LogP contribution in [0, 0.1) is 14.9 Å². The summed E-state index contributed by atoms with van der Waals surface area (Å²) in [6, 6.07) is 10.6. The number of carbonyl (C=O) groups is 1. The third-order valence-electron chi connectivity index (χ3n) is 3.63. The molecule has 1 aliphatic rings. The number of rotatable bonds is 3. The highest BCUT2D eigenvalue weighted by molar-refractivity contribution is 7.86. The van der Waals surface area contributed by atoms with Gasteiger partial charge in [-0.05, 0) is 12.1 Å². The Labute approximate surface area is 173 Å². The van der Waals surface area contributed by atoms with Crippen LogP contribution in [0.15, 0.2) is 51.6 Å². The summed E-state index contributed by atoms with van der Waals surface area (Å²) in [7, 11) is -6.09. The van der Waals surface area contributed by atoms with Gasteiger partial charge >= 0.3 is 26.7 Å². The molecule has 1 aromatic rings. The van der Waals surface area contributed by atoms with Crippen molar-refractivity contribution in [2.45, 2.75) is 39.6 Å². The fourth-order valence-corrected chi connectivity index (χ4v) is 5.29. The Balaban J connectivity index is 0.000000416. The molecule has 1 aliphatic carbocycles. The van der Waals surface area contributed by atoms with Crippen LogP contribution in [0.1, 0.15) is 34.1 Å². The molecule has 9 heteroatoms. The van der Waals surface area contributed by atoms with E-state index in [1.54, 1.807) is 0 Å². The van der Waals surface area contributed by atoms with Crippen LogP contribution in [-0.2, 0) is 14.9 Å². The third-order valence-corrected chi connectivity index (χ3v) is 7.22. The van der Waals surface area contributed by atoms with Crippen LogP contribution in [0.4, 0.5) is 13.2 Å². The van der Waals surface area contributed by atoms with Gasteiger partial charge in [-0.15, -0.1) is 0 Å². The van der Waals surface area contributed by atoms with Crippen molar-refractivity contribution in [2.75, 3.05) is 0 Å². The smallest absolute Gasteiger partial charge is 0.485 e. The summed E-state index contributed by atoms with van der Waals surface area (Å²) in [5, 5.41) is 0. The molecule has 156 valence electrons. The van der Waals surface area contributed by atoms with Crippen LogP contribution in [0.5, 0.6) is 0 Å². The molecule has 1 atom stereocenters. The molecule has 0 amide bonds. The SMILES string of the molecule is CC1C=CCC([I+]c2ccccc2)=C1C(=O)C(C)(C)C.O=S(=O)([O-])C(F)(F)F. The van der Waals surface area contributed by atoms with Crippen molar-refractivity contribution in [3.8, 4) is 0 Å². The van der Waals surface area contributed by atoms with Crippen LogP contribution in [0.2, 0.25) is 0 Å². The number of hydrogen-bond acceptors (Lipinski definition) is 4. The Bertz CT molecular complexity index is 851. The molecule has 1 unspecified atom stereocenters. The maximum Gasteiger partial charge on any atom is 0.485 e. The number of benzene rings is 1. The van der Waals surface area contributed by atoms with Gasteiger partial charge in [0.2, 0.25) is 0 Å². The molecule has 0 bridgehead atoms. The molecule has 0 N–H and O–H groups in total. The highest BCUT2D eigenvalue weighted by Crippen LogP contribution is 2.29. The molecule has 0 fully saturated rings. The van der Waals surface area contributed by atoms with E-state index in [1.807, 2.05) is 26.8 Å². The molecular weight excluding hydrogens is 508 g/mol. The van der Waals surface area contributed by atoms with E-state index >= 15 is 0 Å². The quantitative estimate of drug-likeness (QED) is 0.257. The predicted molar refractivity (Wildman–Crippen MR) is 95.3 cm³/mol. The van der Waals surface area contributed by atoms with Crippen LogP contribution in [-0.4, -0.2) is 24.3 Å². The summed E-state index contributed by atoms with van der Waals surface area (Å²) in [5.41, 5.74) is -4.86. The first-order chi connectivity index (χ1) is 12.6. The number of Topliss-reactive ketones (excluding diaryl/α,β-unsaturated/α-hetero) is 1. The summed E-state index contributed by atoms with van der Waals surface area (Å²) in [6.45, 7) is 8.20. The number of carbonyl (C=O) groups excluding carboxylic acids is 1. The second-order valence-corrected chi connectivity index (χ2v) is 11.6. The van der Waals surface area contributed by atoms with Crippen molar-refractivity contribution in [1.29, 1.82) is 0 Å². The highest BCUT2D eigenvalue weighted by atomic mass is 127. The fourth-order valence-electron chi connectivity index (χ4n) is 2.26. The summed E-state index contributed by atoms with van der Waals surface area (Å²) < 4.78 is 61.7. The highest BCUT2D eigenvalue weighted by Gasteiger charge is 2.37. The molecule has 0 radical (unpaired) electrons. The molecule has 0 saturated heterocycles. The van der Waals surface area contributed by atoms with Crippen molar-refractivity contribution in [3.05, 3.63) is 55.2 Å². The lowest BCUT2D eigenvalue weighted by Gasteiger charge is -2.23.